The van der Waals surface area contributed by atoms with Gasteiger partial charge in [0.25, 0.3) is 0 Å². The third-order valence-electron chi connectivity index (χ3n) is 6.80. The monoisotopic (exact) mass is 490 g/mol. The number of aliphatic hydroxyl groups is 2. The summed E-state index contributed by atoms with van der Waals surface area (Å²) in [5.74, 6) is -2.29. The van der Waals surface area contributed by atoms with Crippen molar-refractivity contribution < 1.29 is 38.7 Å². The van der Waals surface area contributed by atoms with Crippen molar-refractivity contribution in [2.45, 2.75) is 42.2 Å². The van der Waals surface area contributed by atoms with E-state index in [0.717, 1.165) is 0 Å². The number of methoxy groups -OCH3 is 1. The highest BCUT2D eigenvalue weighted by molar-refractivity contribution is 5.90. The van der Waals surface area contributed by atoms with Gasteiger partial charge in [0.2, 0.25) is 0 Å². The Morgan fingerprint density at radius 3 is 1.83 bits per heavy atom. The largest absolute Gasteiger partial charge is 0.451 e. The summed E-state index contributed by atoms with van der Waals surface area (Å²) in [6.07, 6.45) is -6.19. The van der Waals surface area contributed by atoms with Gasteiger partial charge in [0, 0.05) is 13.0 Å². The number of carbonyl (C=O) groups excluding carboxylic acids is 2. The summed E-state index contributed by atoms with van der Waals surface area (Å²) >= 11 is 0. The smallest absolute Gasteiger partial charge is 0.338 e. The van der Waals surface area contributed by atoms with Crippen molar-refractivity contribution in [2.24, 2.45) is 0 Å². The molecule has 1 saturated carbocycles. The van der Waals surface area contributed by atoms with Crippen LogP contribution in [0.5, 0.6) is 0 Å². The molecule has 0 bridgehead atoms. The van der Waals surface area contributed by atoms with Crippen LogP contribution < -0.4 is 0 Å². The second-order valence-electron chi connectivity index (χ2n) is 8.85. The first kappa shape index (κ1) is 24.1. The van der Waals surface area contributed by atoms with Gasteiger partial charge in [-0.1, -0.05) is 66.7 Å². The normalized spacial score (nSPS) is 31.0. The predicted molar refractivity (Wildman–Crippen MR) is 127 cm³/mol. The molecule has 5 rings (SSSR count). The average Bonchev–Trinajstić information content (AvgIpc) is 2.92. The van der Waals surface area contributed by atoms with Gasteiger partial charge in [0.15, 0.2) is 18.5 Å². The SMILES string of the molecule is CO[C@H]1O[C@@H]2C(O)C(c3ccccc3)[C@]2(O)[C@@H](OC(=O)c2ccccc2)[C@@H]1OC(=O)c1ccccc1. The molecule has 3 aromatic rings. The average molecular weight is 491 g/mol. The minimum Gasteiger partial charge on any atom is -0.451 e. The molecule has 3 aromatic carbocycles. The fourth-order valence-electron chi connectivity index (χ4n) is 5.05. The Labute approximate surface area is 208 Å². The summed E-state index contributed by atoms with van der Waals surface area (Å²) in [4.78, 5) is 26.1. The summed E-state index contributed by atoms with van der Waals surface area (Å²) < 4.78 is 22.9. The van der Waals surface area contributed by atoms with Gasteiger partial charge in [0.05, 0.1) is 17.2 Å². The Morgan fingerprint density at radius 1 is 0.806 bits per heavy atom. The van der Waals surface area contributed by atoms with E-state index in [-0.39, 0.29) is 11.1 Å². The van der Waals surface area contributed by atoms with Gasteiger partial charge in [-0.05, 0) is 29.8 Å². The molecule has 2 unspecified atom stereocenters. The quantitative estimate of drug-likeness (QED) is 0.508. The van der Waals surface area contributed by atoms with Gasteiger partial charge < -0.3 is 29.2 Å². The number of rotatable bonds is 6. The minimum atomic E-state index is -1.90. The highest BCUT2D eigenvalue weighted by Crippen LogP contribution is 2.55. The second kappa shape index (κ2) is 9.83. The number of hydrogen-bond acceptors (Lipinski definition) is 8. The van der Waals surface area contributed by atoms with Crippen LogP contribution in [0.3, 0.4) is 0 Å². The van der Waals surface area contributed by atoms with Crippen LogP contribution in [0.4, 0.5) is 0 Å². The molecule has 36 heavy (non-hydrogen) atoms. The second-order valence-corrected chi connectivity index (χ2v) is 8.85. The Balaban J connectivity index is 1.54. The number of fused-ring (bicyclic) bond motifs is 1. The molecule has 1 saturated heterocycles. The van der Waals surface area contributed by atoms with Gasteiger partial charge in [-0.2, -0.15) is 0 Å². The number of aliphatic hydroxyl groups excluding tert-OH is 1. The first-order valence-electron chi connectivity index (χ1n) is 11.6. The van der Waals surface area contributed by atoms with Gasteiger partial charge in [-0.15, -0.1) is 0 Å². The van der Waals surface area contributed by atoms with Crippen molar-refractivity contribution in [3.8, 4) is 0 Å². The lowest BCUT2D eigenvalue weighted by Crippen LogP contribution is -2.81. The highest BCUT2D eigenvalue weighted by Gasteiger charge is 2.73. The molecule has 8 nitrogen and oxygen atoms in total. The summed E-state index contributed by atoms with van der Waals surface area (Å²) in [5.41, 5.74) is -0.760. The van der Waals surface area contributed by atoms with Crippen LogP contribution in [0, 0.1) is 0 Å². The molecular weight excluding hydrogens is 464 g/mol. The molecule has 0 radical (unpaired) electrons. The number of benzene rings is 3. The van der Waals surface area contributed by atoms with E-state index < -0.39 is 54.2 Å². The van der Waals surface area contributed by atoms with Crippen LogP contribution in [-0.4, -0.2) is 65.6 Å². The summed E-state index contributed by atoms with van der Waals surface area (Å²) in [7, 11) is 1.34. The zero-order valence-corrected chi connectivity index (χ0v) is 19.5. The van der Waals surface area contributed by atoms with Gasteiger partial charge in [-0.25, -0.2) is 9.59 Å². The molecule has 186 valence electrons. The van der Waals surface area contributed by atoms with E-state index in [1.807, 2.05) is 6.07 Å². The maximum absolute atomic E-state index is 13.1. The van der Waals surface area contributed by atoms with Crippen LogP contribution in [0.2, 0.25) is 0 Å². The fourth-order valence-corrected chi connectivity index (χ4v) is 5.05. The van der Waals surface area contributed by atoms with E-state index in [0.29, 0.717) is 5.56 Å². The van der Waals surface area contributed by atoms with E-state index in [1.165, 1.54) is 7.11 Å². The molecular formula is C28H26O8. The lowest BCUT2D eigenvalue weighted by molar-refractivity contribution is -0.381. The van der Waals surface area contributed by atoms with Crippen molar-refractivity contribution in [2.75, 3.05) is 7.11 Å². The first-order chi connectivity index (χ1) is 17.4. The molecule has 8 heteroatoms. The molecule has 1 heterocycles. The third-order valence-corrected chi connectivity index (χ3v) is 6.80. The van der Waals surface area contributed by atoms with E-state index in [2.05, 4.69) is 0 Å². The molecule has 2 fully saturated rings. The molecule has 7 atom stereocenters. The Morgan fingerprint density at radius 2 is 1.31 bits per heavy atom. The van der Waals surface area contributed by atoms with Crippen LogP contribution in [0.1, 0.15) is 32.2 Å². The molecule has 1 aliphatic heterocycles. The predicted octanol–water partition coefficient (Wildman–Crippen LogP) is 2.70. The Kier molecular flexibility index (Phi) is 6.59. The Hall–Kier alpha value is -3.56. The van der Waals surface area contributed by atoms with Crippen LogP contribution >= 0.6 is 0 Å². The summed E-state index contributed by atoms with van der Waals surface area (Å²) in [6, 6.07) is 25.4. The van der Waals surface area contributed by atoms with Crippen molar-refractivity contribution >= 4 is 11.9 Å². The van der Waals surface area contributed by atoms with Crippen LogP contribution in [0.15, 0.2) is 91.0 Å². The highest BCUT2D eigenvalue weighted by atomic mass is 16.7. The fraction of sp³-hybridized carbons (Fsp3) is 0.286. The number of carbonyl (C=O) groups is 2. The molecule has 0 amide bonds. The molecule has 1 aliphatic carbocycles. The third kappa shape index (κ3) is 4.08. The van der Waals surface area contributed by atoms with Crippen molar-refractivity contribution in [1.82, 2.24) is 0 Å². The van der Waals surface area contributed by atoms with E-state index in [1.54, 1.807) is 84.9 Å². The van der Waals surface area contributed by atoms with E-state index >= 15 is 0 Å². The van der Waals surface area contributed by atoms with Gasteiger partial charge >= 0.3 is 11.9 Å². The molecule has 2 N–H and O–H groups in total. The van der Waals surface area contributed by atoms with Crippen LogP contribution in [0.25, 0.3) is 0 Å². The lowest BCUT2D eigenvalue weighted by Gasteiger charge is -2.62. The van der Waals surface area contributed by atoms with Gasteiger partial charge in [0.1, 0.15) is 11.7 Å². The number of esters is 2. The van der Waals surface area contributed by atoms with Crippen LogP contribution in [-0.2, 0) is 18.9 Å². The van der Waals surface area contributed by atoms with Crippen molar-refractivity contribution in [1.29, 1.82) is 0 Å². The minimum absolute atomic E-state index is 0.252. The van der Waals surface area contributed by atoms with E-state index in [9.17, 15) is 19.8 Å². The number of hydrogen-bond donors (Lipinski definition) is 2. The zero-order valence-electron chi connectivity index (χ0n) is 19.5. The standard InChI is InChI=1S/C28H26O8/c1-33-27-22(34-25(30)18-13-7-3-8-14-18)24(35-26(31)19-15-9-4-10-16-19)28(32)20(21(29)23(28)36-27)17-11-5-2-6-12-17/h2-16,20-24,27,29,32H,1H3/t20?,21?,22-,23+,24-,27-,28+/m0/s1. The molecule has 0 aromatic heterocycles. The van der Waals surface area contributed by atoms with Crippen molar-refractivity contribution in [3.05, 3.63) is 108 Å². The Bertz CT molecular complexity index is 1200. The van der Waals surface area contributed by atoms with Gasteiger partial charge in [-0.3, -0.25) is 0 Å². The first-order valence-corrected chi connectivity index (χ1v) is 11.6. The number of ether oxygens (including phenoxy) is 4. The van der Waals surface area contributed by atoms with Crippen molar-refractivity contribution in [3.63, 3.8) is 0 Å². The lowest BCUT2D eigenvalue weighted by atomic mass is 9.57. The maximum atomic E-state index is 13.1. The molecule has 0 spiro atoms. The maximum Gasteiger partial charge on any atom is 0.338 e. The summed E-state index contributed by atoms with van der Waals surface area (Å²) in [5, 5.41) is 23.0. The van der Waals surface area contributed by atoms with E-state index in [4.69, 9.17) is 18.9 Å². The summed E-state index contributed by atoms with van der Waals surface area (Å²) in [6.45, 7) is 0. The zero-order chi connectivity index (χ0) is 25.3. The topological polar surface area (TPSA) is 112 Å². The molecule has 2 aliphatic rings.